The van der Waals surface area contributed by atoms with E-state index in [2.05, 4.69) is 0 Å². The molecule has 1 heterocycles. The fraction of sp³-hybridized carbons (Fsp3) is 0.207. The van der Waals surface area contributed by atoms with Crippen molar-refractivity contribution in [2.75, 3.05) is 0 Å². The molecule has 2 amide bonds. The molecule has 6 nitrogen and oxygen atoms in total. The Balaban J connectivity index is 1.59. The van der Waals surface area contributed by atoms with E-state index in [-0.39, 0.29) is 17.2 Å². The first-order valence-electron chi connectivity index (χ1n) is 11.6. The van der Waals surface area contributed by atoms with Crippen molar-refractivity contribution in [3.8, 4) is 5.75 Å². The molecule has 5 rings (SSSR count). The Labute approximate surface area is 203 Å². The van der Waals surface area contributed by atoms with E-state index in [1.54, 1.807) is 0 Å². The molecule has 2 N–H and O–H groups in total. The van der Waals surface area contributed by atoms with Crippen LogP contribution >= 0.6 is 0 Å². The maximum atomic E-state index is 13.7. The number of imide groups is 1. The summed E-state index contributed by atoms with van der Waals surface area (Å²) in [7, 11) is 0. The first-order valence-corrected chi connectivity index (χ1v) is 11.6. The third-order valence-corrected chi connectivity index (χ3v) is 6.98. The number of benzene rings is 3. The number of rotatable bonds is 6. The van der Waals surface area contributed by atoms with Crippen molar-refractivity contribution in [3.05, 3.63) is 113 Å². The standard InChI is InChI=1S/C29H25NO5/c31-23-13-11-20(12-14-23)27(32)30-26-22(16-19-9-5-2-6-10-19)17-21(15-18-7-3-1-4-8-18)24(28(30)33)25(26)29(34)35/h1-14,17,21,24-26,31H,15-16H2,(H,34,35)/t21-,24-,25?,26+/m1/s1. The number of carbonyl (C=O) groups excluding carboxylic acids is 2. The van der Waals surface area contributed by atoms with Gasteiger partial charge in [0.05, 0.1) is 17.9 Å². The van der Waals surface area contributed by atoms with Gasteiger partial charge in [-0.25, -0.2) is 0 Å². The van der Waals surface area contributed by atoms with Gasteiger partial charge in [0.2, 0.25) is 5.91 Å². The van der Waals surface area contributed by atoms with Crippen molar-refractivity contribution < 1.29 is 24.6 Å². The zero-order valence-corrected chi connectivity index (χ0v) is 19.0. The second-order valence-electron chi connectivity index (χ2n) is 9.15. The minimum atomic E-state index is -1.08. The number of carbonyl (C=O) groups is 3. The summed E-state index contributed by atoms with van der Waals surface area (Å²) in [6, 6.07) is 24.1. The van der Waals surface area contributed by atoms with E-state index >= 15 is 0 Å². The van der Waals surface area contributed by atoms with Gasteiger partial charge >= 0.3 is 5.97 Å². The van der Waals surface area contributed by atoms with Crippen LogP contribution in [0.5, 0.6) is 5.75 Å². The average Bonchev–Trinajstić information content (AvgIpc) is 3.12. The minimum absolute atomic E-state index is 0.00374. The average molecular weight is 468 g/mol. The highest BCUT2D eigenvalue weighted by Crippen LogP contribution is 2.47. The lowest BCUT2D eigenvalue weighted by Gasteiger charge is -2.33. The van der Waals surface area contributed by atoms with Crippen LogP contribution in [0.4, 0.5) is 0 Å². The first-order chi connectivity index (χ1) is 16.9. The number of carboxylic acids is 1. The van der Waals surface area contributed by atoms with E-state index in [1.807, 2.05) is 66.7 Å². The second-order valence-corrected chi connectivity index (χ2v) is 9.15. The van der Waals surface area contributed by atoms with Gasteiger partial charge < -0.3 is 10.2 Å². The molecule has 3 aromatic carbocycles. The fourth-order valence-electron chi connectivity index (χ4n) is 5.46. The summed E-state index contributed by atoms with van der Waals surface area (Å²) in [6.07, 6.45) is 2.98. The van der Waals surface area contributed by atoms with E-state index in [0.717, 1.165) is 21.6 Å². The van der Waals surface area contributed by atoms with Gasteiger partial charge in [-0.15, -0.1) is 0 Å². The van der Waals surface area contributed by atoms with Crippen molar-refractivity contribution in [2.45, 2.75) is 18.9 Å². The van der Waals surface area contributed by atoms with Crippen LogP contribution in [0.2, 0.25) is 0 Å². The fourth-order valence-corrected chi connectivity index (χ4v) is 5.46. The Bertz CT molecular complexity index is 1280. The summed E-state index contributed by atoms with van der Waals surface area (Å²) in [5.74, 6) is -4.29. The number of hydrogen-bond acceptors (Lipinski definition) is 4. The van der Waals surface area contributed by atoms with E-state index < -0.39 is 35.7 Å². The Hall–Kier alpha value is -4.19. The van der Waals surface area contributed by atoms with Crippen molar-refractivity contribution in [1.29, 1.82) is 0 Å². The molecule has 3 aromatic rings. The lowest BCUT2D eigenvalue weighted by atomic mass is 9.70. The van der Waals surface area contributed by atoms with Crippen LogP contribution in [-0.2, 0) is 22.4 Å². The largest absolute Gasteiger partial charge is 0.508 e. The highest BCUT2D eigenvalue weighted by molar-refractivity contribution is 6.09. The maximum Gasteiger partial charge on any atom is 0.309 e. The summed E-state index contributed by atoms with van der Waals surface area (Å²) in [5, 5.41) is 19.9. The topological polar surface area (TPSA) is 94.9 Å². The second kappa shape index (κ2) is 9.22. The molecule has 0 saturated carbocycles. The number of carboxylic acid groups (broad SMARTS) is 1. The normalized spacial score (nSPS) is 23.1. The molecule has 6 heteroatoms. The molecule has 176 valence electrons. The monoisotopic (exact) mass is 467 g/mol. The predicted molar refractivity (Wildman–Crippen MR) is 130 cm³/mol. The van der Waals surface area contributed by atoms with Gasteiger partial charge in [0.15, 0.2) is 0 Å². The summed E-state index contributed by atoms with van der Waals surface area (Å²) in [4.78, 5) is 41.0. The minimum Gasteiger partial charge on any atom is -0.508 e. The van der Waals surface area contributed by atoms with Crippen LogP contribution in [0.15, 0.2) is 96.6 Å². The zero-order chi connectivity index (χ0) is 24.5. The number of aliphatic carboxylic acids is 1. The van der Waals surface area contributed by atoms with Crippen LogP contribution in [0.25, 0.3) is 0 Å². The molecule has 0 spiro atoms. The Morgan fingerprint density at radius 3 is 2.03 bits per heavy atom. The Kier molecular flexibility index (Phi) is 5.95. The van der Waals surface area contributed by atoms with Gasteiger partial charge in [0.1, 0.15) is 5.75 Å². The van der Waals surface area contributed by atoms with E-state index in [0.29, 0.717) is 12.8 Å². The molecule has 1 saturated heterocycles. The molecule has 4 atom stereocenters. The van der Waals surface area contributed by atoms with Crippen LogP contribution in [0.1, 0.15) is 21.5 Å². The number of amides is 2. The molecular weight excluding hydrogens is 442 g/mol. The van der Waals surface area contributed by atoms with Crippen LogP contribution in [-0.4, -0.2) is 38.9 Å². The molecule has 1 unspecified atom stereocenters. The van der Waals surface area contributed by atoms with E-state index in [1.165, 1.54) is 24.3 Å². The molecule has 0 aromatic heterocycles. The predicted octanol–water partition coefficient (Wildman–Crippen LogP) is 4.10. The van der Waals surface area contributed by atoms with Gasteiger partial charge in [0.25, 0.3) is 5.91 Å². The molecular formula is C29H25NO5. The number of likely N-dealkylation sites (tertiary alicyclic amines) is 1. The molecule has 1 fully saturated rings. The van der Waals surface area contributed by atoms with Gasteiger partial charge in [-0.2, -0.15) is 0 Å². The van der Waals surface area contributed by atoms with Gasteiger partial charge in [-0.3, -0.25) is 19.3 Å². The number of aromatic hydroxyl groups is 1. The Morgan fingerprint density at radius 2 is 1.43 bits per heavy atom. The Morgan fingerprint density at radius 1 is 0.829 bits per heavy atom. The quantitative estimate of drug-likeness (QED) is 0.420. The summed E-state index contributed by atoms with van der Waals surface area (Å²) >= 11 is 0. The van der Waals surface area contributed by atoms with Gasteiger partial charge in [-0.05, 0) is 59.7 Å². The zero-order valence-electron chi connectivity index (χ0n) is 19.0. The lowest BCUT2D eigenvalue weighted by Crippen LogP contribution is -2.44. The molecule has 35 heavy (non-hydrogen) atoms. The van der Waals surface area contributed by atoms with Gasteiger partial charge in [0, 0.05) is 5.56 Å². The van der Waals surface area contributed by atoms with Crippen LogP contribution in [0.3, 0.4) is 0 Å². The molecule has 1 aliphatic heterocycles. The third-order valence-electron chi connectivity index (χ3n) is 6.98. The van der Waals surface area contributed by atoms with Crippen molar-refractivity contribution in [3.63, 3.8) is 0 Å². The summed E-state index contributed by atoms with van der Waals surface area (Å²) in [5.41, 5.74) is 2.98. The molecule has 2 aliphatic rings. The summed E-state index contributed by atoms with van der Waals surface area (Å²) in [6.45, 7) is 0. The number of nitrogens with zero attached hydrogens (tertiary/aromatic N) is 1. The first kappa shape index (κ1) is 22.6. The van der Waals surface area contributed by atoms with Crippen LogP contribution in [0, 0.1) is 17.8 Å². The highest BCUT2D eigenvalue weighted by Gasteiger charge is 2.59. The molecule has 0 radical (unpaired) electrons. The molecule has 2 bridgehead atoms. The van der Waals surface area contributed by atoms with Crippen molar-refractivity contribution in [2.24, 2.45) is 17.8 Å². The smallest absolute Gasteiger partial charge is 0.309 e. The number of allylic oxidation sites excluding steroid dienone is 1. The number of fused-ring (bicyclic) bond motifs is 2. The molecule has 1 aliphatic carbocycles. The maximum absolute atomic E-state index is 13.7. The van der Waals surface area contributed by atoms with Crippen molar-refractivity contribution >= 4 is 17.8 Å². The summed E-state index contributed by atoms with van der Waals surface area (Å²) < 4.78 is 0. The highest BCUT2D eigenvalue weighted by atomic mass is 16.4. The number of hydrogen-bond donors (Lipinski definition) is 2. The van der Waals surface area contributed by atoms with E-state index in [9.17, 15) is 24.6 Å². The van der Waals surface area contributed by atoms with Crippen molar-refractivity contribution in [1.82, 2.24) is 4.90 Å². The lowest BCUT2D eigenvalue weighted by molar-refractivity contribution is -0.145. The van der Waals surface area contributed by atoms with E-state index in [4.69, 9.17) is 0 Å². The number of phenols is 1. The number of phenolic OH excluding ortho intramolecular Hbond substituents is 1. The third kappa shape index (κ3) is 4.23. The SMILES string of the molecule is O=C(O)C1[C@@H]2C(=O)N(C(=O)c3ccc(O)cc3)[C@H]1C(Cc1ccccc1)=C[C@H]2Cc1ccccc1. The van der Waals surface area contributed by atoms with Gasteiger partial charge in [-0.1, -0.05) is 66.7 Å². The van der Waals surface area contributed by atoms with Crippen LogP contribution < -0.4 is 0 Å².